The molecule has 0 spiro atoms. The average molecular weight is 688 g/mol. The van der Waals surface area contributed by atoms with Crippen molar-refractivity contribution in [1.29, 1.82) is 0 Å². The van der Waals surface area contributed by atoms with Crippen molar-refractivity contribution in [3.8, 4) is 17.2 Å². The number of halogens is 1. The Morgan fingerprint density at radius 3 is 1.57 bits per heavy atom. The molecule has 3 aromatic rings. The van der Waals surface area contributed by atoms with Crippen molar-refractivity contribution in [1.82, 2.24) is 0 Å². The van der Waals surface area contributed by atoms with E-state index in [4.69, 9.17) is 35.3 Å². The molecule has 0 atom stereocenters. The molecule has 0 aliphatic carbocycles. The molecular formula is C38H38ClNO9. The minimum atomic E-state index is -0.601. The zero-order valence-electron chi connectivity index (χ0n) is 26.9. The molecular weight excluding hydrogens is 650 g/mol. The summed E-state index contributed by atoms with van der Waals surface area (Å²) in [5.41, 5.74) is 1.92. The van der Waals surface area contributed by atoms with Crippen molar-refractivity contribution in [2.45, 2.75) is 25.7 Å². The molecule has 256 valence electrons. The molecule has 10 nitrogen and oxygen atoms in total. The molecule has 0 unspecified atom stereocenters. The molecule has 0 aliphatic heterocycles. The minimum absolute atomic E-state index is 0.199. The van der Waals surface area contributed by atoms with E-state index in [1.807, 2.05) is 12.1 Å². The summed E-state index contributed by atoms with van der Waals surface area (Å²) in [6.07, 6.45) is 11.0. The topological polar surface area (TPSA) is 126 Å². The van der Waals surface area contributed by atoms with Crippen LogP contribution in [-0.2, 0) is 28.7 Å². The van der Waals surface area contributed by atoms with Crippen LogP contribution in [0.5, 0.6) is 17.2 Å². The second kappa shape index (κ2) is 21.3. The number of unbranched alkanes of at least 4 members (excludes halogenated alkanes) is 2. The lowest BCUT2D eigenvalue weighted by molar-refractivity contribution is -0.138. The smallest absolute Gasteiger partial charge is 0.336 e. The maximum Gasteiger partial charge on any atom is 0.336 e. The van der Waals surface area contributed by atoms with E-state index in [2.05, 4.69) is 18.5 Å². The molecule has 11 heteroatoms. The molecule has 3 aromatic carbocycles. The molecule has 0 aliphatic rings. The van der Waals surface area contributed by atoms with Crippen LogP contribution in [0.25, 0.3) is 12.2 Å². The lowest BCUT2D eigenvalue weighted by Crippen LogP contribution is -2.09. The van der Waals surface area contributed by atoms with Gasteiger partial charge in [-0.2, -0.15) is 0 Å². The van der Waals surface area contributed by atoms with Gasteiger partial charge in [-0.1, -0.05) is 49.0 Å². The van der Waals surface area contributed by atoms with Gasteiger partial charge < -0.3 is 29.0 Å². The van der Waals surface area contributed by atoms with Gasteiger partial charge in [0.1, 0.15) is 17.2 Å². The van der Waals surface area contributed by atoms with E-state index in [0.29, 0.717) is 56.5 Å². The van der Waals surface area contributed by atoms with Gasteiger partial charge in [-0.3, -0.25) is 4.79 Å². The van der Waals surface area contributed by atoms with Crippen LogP contribution in [0, 0.1) is 0 Å². The van der Waals surface area contributed by atoms with Crippen LogP contribution in [-0.4, -0.2) is 50.2 Å². The number of anilines is 1. The van der Waals surface area contributed by atoms with Crippen LogP contribution in [0.3, 0.4) is 0 Å². The summed E-state index contributed by atoms with van der Waals surface area (Å²) in [7, 11) is 0. The molecule has 0 radical (unpaired) electrons. The van der Waals surface area contributed by atoms with E-state index in [9.17, 15) is 19.2 Å². The Bertz CT molecular complexity index is 1630. The third-order valence-electron chi connectivity index (χ3n) is 6.45. The predicted octanol–water partition coefficient (Wildman–Crippen LogP) is 7.39. The fourth-order valence-electron chi connectivity index (χ4n) is 3.92. The van der Waals surface area contributed by atoms with Gasteiger partial charge in [0.05, 0.1) is 37.1 Å². The molecule has 0 fully saturated rings. The highest BCUT2D eigenvalue weighted by Gasteiger charge is 2.08. The standard InChI is InChI=1S/C38H38ClNO9/c1-3-36(42)47-25-7-5-23-45-30-15-9-28(10-16-30)13-21-35(41)40-34-20-19-32(27-33(34)39)49-38(44)22-14-29-11-17-31(18-12-29)46-24-6-8-26-48-37(43)4-2/h3-4,9-22,27H,1-2,5-8,23-26H2,(H,40,41)/b21-13+,22-14+. The Balaban J connectivity index is 1.37. The summed E-state index contributed by atoms with van der Waals surface area (Å²) >= 11 is 6.33. The summed E-state index contributed by atoms with van der Waals surface area (Å²) in [4.78, 5) is 46.9. The van der Waals surface area contributed by atoms with E-state index in [1.54, 1.807) is 54.6 Å². The number of hydrogen-bond acceptors (Lipinski definition) is 9. The van der Waals surface area contributed by atoms with E-state index >= 15 is 0 Å². The summed E-state index contributed by atoms with van der Waals surface area (Å²) in [5, 5.41) is 2.90. The number of ether oxygens (including phenoxy) is 5. The third kappa shape index (κ3) is 15.2. The van der Waals surface area contributed by atoms with E-state index in [1.165, 1.54) is 24.3 Å². The predicted molar refractivity (Wildman–Crippen MR) is 188 cm³/mol. The van der Waals surface area contributed by atoms with Gasteiger partial charge in [-0.15, -0.1) is 0 Å². The van der Waals surface area contributed by atoms with Gasteiger partial charge in [0, 0.05) is 30.4 Å². The summed E-state index contributed by atoms with van der Waals surface area (Å²) in [5.74, 6) is -0.296. The van der Waals surface area contributed by atoms with Gasteiger partial charge in [0.2, 0.25) is 5.91 Å². The maximum absolute atomic E-state index is 12.5. The summed E-state index contributed by atoms with van der Waals surface area (Å²) in [6.45, 7) is 8.28. The number of amides is 1. The number of nitrogens with one attached hydrogen (secondary N) is 1. The quantitative estimate of drug-likeness (QED) is 0.0560. The second-order valence-electron chi connectivity index (χ2n) is 10.2. The van der Waals surface area contributed by atoms with E-state index < -0.39 is 23.8 Å². The number of esters is 3. The van der Waals surface area contributed by atoms with Gasteiger partial charge in [0.15, 0.2) is 0 Å². The van der Waals surface area contributed by atoms with Crippen LogP contribution in [0.4, 0.5) is 5.69 Å². The zero-order chi connectivity index (χ0) is 35.3. The van der Waals surface area contributed by atoms with Gasteiger partial charge in [-0.25, -0.2) is 14.4 Å². The first-order chi connectivity index (χ1) is 23.7. The normalized spacial score (nSPS) is 10.7. The van der Waals surface area contributed by atoms with Crippen LogP contribution >= 0.6 is 11.6 Å². The Morgan fingerprint density at radius 2 is 1.08 bits per heavy atom. The Hall–Kier alpha value is -5.61. The number of hydrogen-bond donors (Lipinski definition) is 1. The van der Waals surface area contributed by atoms with Crippen molar-refractivity contribution in [3.05, 3.63) is 120 Å². The highest BCUT2D eigenvalue weighted by atomic mass is 35.5. The summed E-state index contributed by atoms with van der Waals surface area (Å²) < 4.78 is 26.5. The fourth-order valence-corrected chi connectivity index (χ4v) is 4.14. The molecule has 49 heavy (non-hydrogen) atoms. The number of carbonyl (C=O) groups is 4. The first-order valence-corrected chi connectivity index (χ1v) is 15.9. The number of carbonyl (C=O) groups excluding carboxylic acids is 4. The minimum Gasteiger partial charge on any atom is -0.494 e. The molecule has 1 amide bonds. The monoisotopic (exact) mass is 687 g/mol. The molecule has 0 saturated heterocycles. The van der Waals surface area contributed by atoms with Gasteiger partial charge in [0.25, 0.3) is 0 Å². The van der Waals surface area contributed by atoms with Crippen molar-refractivity contribution in [2.24, 2.45) is 0 Å². The molecule has 1 N–H and O–H groups in total. The van der Waals surface area contributed by atoms with Crippen LogP contribution < -0.4 is 19.5 Å². The Kier molecular flexibility index (Phi) is 16.5. The maximum atomic E-state index is 12.5. The number of benzene rings is 3. The van der Waals surface area contributed by atoms with Crippen molar-refractivity contribution in [2.75, 3.05) is 31.7 Å². The first kappa shape index (κ1) is 37.8. The number of rotatable bonds is 20. The fraction of sp³-hybridized carbons (Fsp3) is 0.211. The Labute approximate surface area is 290 Å². The van der Waals surface area contributed by atoms with E-state index in [-0.39, 0.29) is 10.8 Å². The second-order valence-corrected chi connectivity index (χ2v) is 10.6. The van der Waals surface area contributed by atoms with Crippen LogP contribution in [0.1, 0.15) is 36.8 Å². The zero-order valence-corrected chi connectivity index (χ0v) is 27.7. The lowest BCUT2D eigenvalue weighted by Gasteiger charge is -2.08. The lowest BCUT2D eigenvalue weighted by atomic mass is 10.2. The first-order valence-electron chi connectivity index (χ1n) is 15.5. The van der Waals surface area contributed by atoms with E-state index in [0.717, 1.165) is 36.1 Å². The highest BCUT2D eigenvalue weighted by Crippen LogP contribution is 2.27. The molecule has 3 rings (SSSR count). The van der Waals surface area contributed by atoms with Crippen LogP contribution in [0.15, 0.2) is 104 Å². The SMILES string of the molecule is C=CC(=O)OCCCCOc1ccc(/C=C/C(=O)Nc2ccc(OC(=O)/C=C/c3ccc(OCCCCOC(=O)C=C)cc3)cc2Cl)cc1. The molecule has 0 heterocycles. The van der Waals surface area contributed by atoms with Crippen molar-refractivity contribution in [3.63, 3.8) is 0 Å². The van der Waals surface area contributed by atoms with Crippen molar-refractivity contribution >= 4 is 53.3 Å². The Morgan fingerprint density at radius 1 is 0.612 bits per heavy atom. The van der Waals surface area contributed by atoms with Crippen molar-refractivity contribution < 1.29 is 42.9 Å². The van der Waals surface area contributed by atoms with Gasteiger partial charge >= 0.3 is 17.9 Å². The largest absolute Gasteiger partial charge is 0.494 e. The van der Waals surface area contributed by atoms with Gasteiger partial charge in [-0.05, 0) is 85.4 Å². The molecule has 0 aromatic heterocycles. The van der Waals surface area contributed by atoms with Crippen LogP contribution in [0.2, 0.25) is 5.02 Å². The summed E-state index contributed by atoms with van der Waals surface area (Å²) in [6, 6.07) is 18.9. The molecule has 0 saturated carbocycles. The molecule has 0 bridgehead atoms. The highest BCUT2D eigenvalue weighted by molar-refractivity contribution is 6.34. The average Bonchev–Trinajstić information content (AvgIpc) is 3.11. The third-order valence-corrected chi connectivity index (χ3v) is 6.77.